The number of hydrogen-bond donors (Lipinski definition) is 1. The molecule has 0 aliphatic heterocycles. The smallest absolute Gasteiger partial charge is 0.282 e. The van der Waals surface area contributed by atoms with Gasteiger partial charge < -0.3 is 9.73 Å². The number of nitrogens with zero attached hydrogens (tertiary/aromatic N) is 4. The Morgan fingerprint density at radius 3 is 2.86 bits per heavy atom. The van der Waals surface area contributed by atoms with Crippen LogP contribution in [0, 0.1) is 6.92 Å². The topological polar surface area (TPSA) is 68.2 Å². The molecule has 0 amide bonds. The van der Waals surface area contributed by atoms with Crippen molar-refractivity contribution in [2.24, 2.45) is 0 Å². The third-order valence-electron chi connectivity index (χ3n) is 2.80. The van der Waals surface area contributed by atoms with Crippen LogP contribution in [-0.4, -0.2) is 25.1 Å². The molecule has 8 heteroatoms. The van der Waals surface area contributed by atoms with Gasteiger partial charge in [0, 0.05) is 30.6 Å². The van der Waals surface area contributed by atoms with Crippen LogP contribution in [0.15, 0.2) is 26.2 Å². The summed E-state index contributed by atoms with van der Waals surface area (Å²) in [6.07, 6.45) is 2.04. The minimum atomic E-state index is 0.0448. The summed E-state index contributed by atoms with van der Waals surface area (Å²) >= 11 is 3.03. The van der Waals surface area contributed by atoms with E-state index in [-0.39, 0.29) is 5.54 Å². The largest absolute Gasteiger partial charge is 0.416 e. The number of fused-ring (bicyclic) bond motifs is 1. The van der Waals surface area contributed by atoms with Crippen molar-refractivity contribution in [3.8, 4) is 0 Å². The van der Waals surface area contributed by atoms with E-state index in [0.717, 1.165) is 22.2 Å². The van der Waals surface area contributed by atoms with Gasteiger partial charge in [0.05, 0.1) is 5.69 Å². The first kappa shape index (κ1) is 14.6. The zero-order chi connectivity index (χ0) is 15.0. The second-order valence-electron chi connectivity index (χ2n) is 5.71. The molecule has 0 aliphatic rings. The number of imidazole rings is 1. The lowest BCUT2D eigenvalue weighted by Crippen LogP contribution is -2.35. The molecule has 0 fully saturated rings. The van der Waals surface area contributed by atoms with Gasteiger partial charge in [-0.05, 0) is 32.5 Å². The third-order valence-corrected chi connectivity index (χ3v) is 4.42. The lowest BCUT2D eigenvalue weighted by atomic mass is 10.1. The lowest BCUT2D eigenvalue weighted by Gasteiger charge is -2.20. The molecule has 3 aromatic rings. The maximum Gasteiger partial charge on any atom is 0.282 e. The number of nitrogens with one attached hydrogen (secondary N) is 1. The van der Waals surface area contributed by atoms with Crippen LogP contribution in [0.1, 0.15) is 32.4 Å². The molecule has 0 aromatic carbocycles. The average Bonchev–Trinajstić information content (AvgIpc) is 3.03. The summed E-state index contributed by atoms with van der Waals surface area (Å²) in [7, 11) is 0. The second-order valence-corrected chi connectivity index (χ2v) is 7.52. The van der Waals surface area contributed by atoms with E-state index >= 15 is 0 Å². The molecule has 0 saturated carbocycles. The van der Waals surface area contributed by atoms with Crippen molar-refractivity contribution in [1.29, 1.82) is 0 Å². The van der Waals surface area contributed by atoms with E-state index in [0.29, 0.717) is 11.1 Å². The molecular weight excluding hydrogens is 306 g/mol. The number of thiazole rings is 1. The number of aromatic nitrogens is 4. The normalized spacial score (nSPS) is 12.4. The van der Waals surface area contributed by atoms with Crippen LogP contribution < -0.4 is 5.32 Å². The van der Waals surface area contributed by atoms with Crippen molar-refractivity contribution in [3.05, 3.63) is 23.2 Å². The summed E-state index contributed by atoms with van der Waals surface area (Å²) < 4.78 is 7.54. The van der Waals surface area contributed by atoms with E-state index in [4.69, 9.17) is 4.42 Å². The van der Waals surface area contributed by atoms with Crippen LogP contribution in [0.4, 0.5) is 0 Å². The maximum atomic E-state index is 5.43. The molecule has 21 heavy (non-hydrogen) atoms. The predicted molar refractivity (Wildman–Crippen MR) is 82.8 cm³/mol. The number of rotatable bonds is 4. The van der Waals surface area contributed by atoms with Gasteiger partial charge in [-0.3, -0.25) is 4.40 Å². The van der Waals surface area contributed by atoms with Gasteiger partial charge >= 0.3 is 0 Å². The first-order chi connectivity index (χ1) is 9.92. The highest BCUT2D eigenvalue weighted by atomic mass is 32.2. The van der Waals surface area contributed by atoms with Gasteiger partial charge in [0.15, 0.2) is 4.96 Å². The van der Waals surface area contributed by atoms with Crippen LogP contribution in [-0.2, 0) is 6.54 Å². The van der Waals surface area contributed by atoms with Gasteiger partial charge in [0.25, 0.3) is 5.22 Å². The Kier molecular flexibility index (Phi) is 3.76. The fourth-order valence-electron chi connectivity index (χ4n) is 1.81. The third kappa shape index (κ3) is 3.28. The fourth-order valence-corrected chi connectivity index (χ4v) is 3.43. The maximum absolute atomic E-state index is 5.43. The molecule has 3 rings (SSSR count). The highest BCUT2D eigenvalue weighted by Gasteiger charge is 2.19. The number of aryl methyl sites for hydroxylation is 1. The SMILES string of the molecule is Cc1nnc(Sc2nc3sccn3c2CNC(C)(C)C)o1. The second kappa shape index (κ2) is 5.43. The Hall–Kier alpha value is -1.38. The van der Waals surface area contributed by atoms with Crippen molar-refractivity contribution in [2.45, 2.75) is 50.0 Å². The van der Waals surface area contributed by atoms with Crippen LogP contribution in [0.3, 0.4) is 0 Å². The van der Waals surface area contributed by atoms with E-state index in [1.807, 2.05) is 11.6 Å². The first-order valence-corrected chi connectivity index (χ1v) is 8.29. The Morgan fingerprint density at radius 2 is 2.19 bits per heavy atom. The minimum Gasteiger partial charge on any atom is -0.416 e. The summed E-state index contributed by atoms with van der Waals surface area (Å²) in [5, 5.41) is 14.8. The van der Waals surface area contributed by atoms with E-state index in [2.05, 4.69) is 45.7 Å². The monoisotopic (exact) mass is 323 g/mol. The standard InChI is InChI=1S/C13H17N5OS2/c1-8-16-17-12(19-8)21-10-9(7-14-13(2,3)4)18-5-6-20-11(18)15-10/h5-6,14H,7H2,1-4H3. The summed E-state index contributed by atoms with van der Waals surface area (Å²) in [4.78, 5) is 5.63. The lowest BCUT2D eigenvalue weighted by molar-refractivity contribution is 0.417. The van der Waals surface area contributed by atoms with Crippen molar-refractivity contribution in [1.82, 2.24) is 24.9 Å². The molecule has 0 saturated heterocycles. The summed E-state index contributed by atoms with van der Waals surface area (Å²) in [5.74, 6) is 0.563. The zero-order valence-electron chi connectivity index (χ0n) is 12.4. The molecule has 0 radical (unpaired) electrons. The fraction of sp³-hybridized carbons (Fsp3) is 0.462. The Bertz CT molecular complexity index is 752. The molecule has 0 aliphatic carbocycles. The van der Waals surface area contributed by atoms with Crippen molar-refractivity contribution in [3.63, 3.8) is 0 Å². The first-order valence-electron chi connectivity index (χ1n) is 6.60. The van der Waals surface area contributed by atoms with E-state index in [1.54, 1.807) is 18.3 Å². The molecule has 3 heterocycles. The molecule has 3 aromatic heterocycles. The van der Waals surface area contributed by atoms with Gasteiger partial charge in [-0.1, -0.05) is 0 Å². The van der Waals surface area contributed by atoms with E-state index in [9.17, 15) is 0 Å². The van der Waals surface area contributed by atoms with Crippen molar-refractivity contribution < 1.29 is 4.42 Å². The molecular formula is C13H17N5OS2. The van der Waals surface area contributed by atoms with Crippen LogP contribution in [0.2, 0.25) is 0 Å². The molecule has 6 nitrogen and oxygen atoms in total. The minimum absolute atomic E-state index is 0.0448. The van der Waals surface area contributed by atoms with Crippen LogP contribution in [0.5, 0.6) is 0 Å². The number of hydrogen-bond acceptors (Lipinski definition) is 7. The van der Waals surface area contributed by atoms with Gasteiger partial charge in [0.2, 0.25) is 5.89 Å². The molecule has 0 bridgehead atoms. The van der Waals surface area contributed by atoms with Crippen LogP contribution in [0.25, 0.3) is 4.96 Å². The van der Waals surface area contributed by atoms with Gasteiger partial charge in [-0.2, -0.15) is 0 Å². The molecule has 0 unspecified atom stereocenters. The van der Waals surface area contributed by atoms with Gasteiger partial charge in [-0.15, -0.1) is 21.5 Å². The Balaban J connectivity index is 1.91. The van der Waals surface area contributed by atoms with Crippen LogP contribution >= 0.6 is 23.1 Å². The summed E-state index contributed by atoms with van der Waals surface area (Å²) in [6, 6.07) is 0. The van der Waals surface area contributed by atoms with Gasteiger partial charge in [0.1, 0.15) is 5.03 Å². The zero-order valence-corrected chi connectivity index (χ0v) is 14.0. The van der Waals surface area contributed by atoms with Gasteiger partial charge in [-0.25, -0.2) is 4.98 Å². The summed E-state index contributed by atoms with van der Waals surface area (Å²) in [5.41, 5.74) is 1.16. The Morgan fingerprint density at radius 1 is 1.38 bits per heavy atom. The summed E-state index contributed by atoms with van der Waals surface area (Å²) in [6.45, 7) is 8.95. The quantitative estimate of drug-likeness (QED) is 0.795. The van der Waals surface area contributed by atoms with E-state index in [1.165, 1.54) is 11.8 Å². The highest BCUT2D eigenvalue weighted by molar-refractivity contribution is 7.99. The molecule has 112 valence electrons. The van der Waals surface area contributed by atoms with E-state index < -0.39 is 0 Å². The predicted octanol–water partition coefficient (Wildman–Crippen LogP) is 3.13. The average molecular weight is 323 g/mol. The highest BCUT2D eigenvalue weighted by Crippen LogP contribution is 2.31. The molecule has 0 spiro atoms. The van der Waals surface area contributed by atoms with Crippen molar-refractivity contribution in [2.75, 3.05) is 0 Å². The molecule has 1 N–H and O–H groups in total. The molecule has 0 atom stereocenters. The van der Waals surface area contributed by atoms with Crippen molar-refractivity contribution >= 4 is 28.1 Å². The Labute approximate surface area is 131 Å².